The van der Waals surface area contributed by atoms with Gasteiger partial charge >= 0.3 is 11.9 Å². The molecule has 1 atom stereocenters. The highest BCUT2D eigenvalue weighted by Gasteiger charge is 2.17. The molecule has 0 aliphatic carbocycles. The van der Waals surface area contributed by atoms with E-state index in [9.17, 15) is 9.59 Å². The van der Waals surface area contributed by atoms with Crippen LogP contribution in [0.25, 0.3) is 0 Å². The Kier molecular flexibility index (Phi) is 50.1. The molecule has 0 aromatic heterocycles. The highest BCUT2D eigenvalue weighted by atomic mass is 16.6. The van der Waals surface area contributed by atoms with Gasteiger partial charge in [0.05, 0.1) is 6.61 Å². The van der Waals surface area contributed by atoms with Gasteiger partial charge in [-0.3, -0.25) is 9.59 Å². The third kappa shape index (κ3) is 50.7. The van der Waals surface area contributed by atoms with Gasteiger partial charge in [-0.1, -0.05) is 199 Å². The number of esters is 2. The zero-order chi connectivity index (χ0) is 46.3. The smallest absolute Gasteiger partial charge is 0.306 e. The van der Waals surface area contributed by atoms with Crippen LogP contribution in [-0.4, -0.2) is 37.9 Å². The molecule has 0 amide bonds. The minimum Gasteiger partial charge on any atom is -0.462 e. The van der Waals surface area contributed by atoms with Crippen LogP contribution in [0, 0.1) is 0 Å². The first-order valence-electron chi connectivity index (χ1n) is 25.7. The van der Waals surface area contributed by atoms with E-state index in [1.807, 2.05) is 6.08 Å². The van der Waals surface area contributed by atoms with Crippen molar-refractivity contribution in [3.63, 3.8) is 0 Å². The summed E-state index contributed by atoms with van der Waals surface area (Å²) in [7, 11) is 0. The van der Waals surface area contributed by atoms with Gasteiger partial charge in [-0.05, 0) is 122 Å². The van der Waals surface area contributed by atoms with E-state index in [0.29, 0.717) is 19.4 Å². The number of unbranched alkanes of at least 4 members (excludes halogenated alkanes) is 12. The number of ether oxygens (including phenoxy) is 3. The summed E-state index contributed by atoms with van der Waals surface area (Å²) in [5.74, 6) is -0.532. The lowest BCUT2D eigenvalue weighted by atomic mass is 10.1. The Bertz CT molecular complexity index is 1370. The molecule has 0 aliphatic heterocycles. The number of hydrogen-bond acceptors (Lipinski definition) is 5. The lowest BCUT2D eigenvalue weighted by Crippen LogP contribution is -2.30. The number of hydrogen-bond donors (Lipinski definition) is 0. The quantitative estimate of drug-likeness (QED) is 0.0346. The van der Waals surface area contributed by atoms with E-state index in [4.69, 9.17) is 14.2 Å². The van der Waals surface area contributed by atoms with Gasteiger partial charge in [0.25, 0.3) is 0 Å². The highest BCUT2D eigenvalue weighted by molar-refractivity contribution is 5.70. The fourth-order valence-electron chi connectivity index (χ4n) is 6.40. The van der Waals surface area contributed by atoms with Crippen molar-refractivity contribution in [2.75, 3.05) is 19.8 Å². The summed E-state index contributed by atoms with van der Waals surface area (Å²) in [4.78, 5) is 25.3. The minimum absolute atomic E-state index is 0.0298. The summed E-state index contributed by atoms with van der Waals surface area (Å²) >= 11 is 0. The van der Waals surface area contributed by atoms with Crippen LogP contribution in [0.5, 0.6) is 0 Å². The molecule has 5 nitrogen and oxygen atoms in total. The van der Waals surface area contributed by atoms with Crippen molar-refractivity contribution >= 4 is 11.9 Å². The van der Waals surface area contributed by atoms with Crippen LogP contribution in [0.2, 0.25) is 0 Å². The van der Waals surface area contributed by atoms with Crippen LogP contribution in [0.15, 0.2) is 134 Å². The summed E-state index contributed by atoms with van der Waals surface area (Å²) in [6.45, 7) is 7.40. The average molecular weight is 883 g/mol. The molecule has 0 spiro atoms. The van der Waals surface area contributed by atoms with Gasteiger partial charge in [0.15, 0.2) is 6.10 Å². The molecule has 0 bridgehead atoms. The molecule has 0 rings (SSSR count). The van der Waals surface area contributed by atoms with Crippen LogP contribution >= 0.6 is 0 Å². The van der Waals surface area contributed by atoms with E-state index >= 15 is 0 Å². The van der Waals surface area contributed by atoms with Gasteiger partial charge in [-0.2, -0.15) is 0 Å². The third-order valence-electron chi connectivity index (χ3n) is 10.2. The molecule has 360 valence electrons. The number of rotatable bonds is 45. The Morgan fingerprint density at radius 1 is 0.359 bits per heavy atom. The van der Waals surface area contributed by atoms with Gasteiger partial charge in [-0.15, -0.1) is 0 Å². The van der Waals surface area contributed by atoms with Crippen LogP contribution < -0.4 is 0 Å². The Morgan fingerprint density at radius 2 is 0.734 bits per heavy atom. The van der Waals surface area contributed by atoms with Gasteiger partial charge < -0.3 is 14.2 Å². The Hall–Kier alpha value is -3.96. The van der Waals surface area contributed by atoms with Crippen molar-refractivity contribution in [1.29, 1.82) is 0 Å². The van der Waals surface area contributed by atoms with Crippen LogP contribution in [-0.2, 0) is 23.8 Å². The molecule has 0 saturated carbocycles. The maximum Gasteiger partial charge on any atom is 0.306 e. The lowest BCUT2D eigenvalue weighted by Gasteiger charge is -2.18. The molecule has 64 heavy (non-hydrogen) atoms. The monoisotopic (exact) mass is 883 g/mol. The topological polar surface area (TPSA) is 61.8 Å². The molecule has 0 saturated heterocycles. The van der Waals surface area contributed by atoms with E-state index in [-0.39, 0.29) is 31.6 Å². The number of carbonyl (C=O) groups is 2. The predicted octanol–water partition coefficient (Wildman–Crippen LogP) is 17.6. The van der Waals surface area contributed by atoms with Crippen molar-refractivity contribution < 1.29 is 23.8 Å². The number of carbonyl (C=O) groups excluding carboxylic acids is 2. The van der Waals surface area contributed by atoms with E-state index in [0.717, 1.165) is 122 Å². The standard InChI is InChI=1S/C59H94O5/c1-4-7-10-13-16-19-22-25-27-28-29-30-31-33-36-39-42-45-48-51-54-62-55-57(64-59(61)53-50-47-44-41-38-34-24-21-18-15-12-9-6-3)56-63-58(60)52-49-46-43-40-37-35-32-26-23-20-17-14-11-8-5-2/h7,9-10,12,16-21,25-27,29-30,32-34,36,38,44,47,57H,4-6,8,11,13-15,22-24,28,31,35,37,39-43,45-46,48-56H2,1-3H3/b10-7-,12-9-,19-16-,20-17-,21-18-,27-25-,30-29-,32-26-,36-33-,38-34-,47-44-. The Labute approximate surface area is 394 Å². The van der Waals surface area contributed by atoms with Gasteiger partial charge in [0.1, 0.15) is 6.61 Å². The average Bonchev–Trinajstić information content (AvgIpc) is 3.30. The summed E-state index contributed by atoms with van der Waals surface area (Å²) < 4.78 is 17.3. The van der Waals surface area contributed by atoms with Crippen molar-refractivity contribution in [2.24, 2.45) is 0 Å². The summed E-state index contributed by atoms with van der Waals surface area (Å²) in [5.41, 5.74) is 0. The molecule has 0 aromatic carbocycles. The SMILES string of the molecule is CC/C=C\C/C=C\C/C=C\C/C=C\C/C=C\CCCCCCOCC(COC(=O)CCCCCCC/C=C\C/C=C\CCCCC)OC(=O)CC/C=C\C/C=C\C/C=C\C/C=C\CC. The molecule has 0 aromatic rings. The second kappa shape index (κ2) is 53.4. The molecule has 0 heterocycles. The predicted molar refractivity (Wildman–Crippen MR) is 278 cm³/mol. The zero-order valence-corrected chi connectivity index (χ0v) is 41.2. The largest absolute Gasteiger partial charge is 0.462 e. The van der Waals surface area contributed by atoms with Gasteiger partial charge in [-0.25, -0.2) is 0 Å². The Morgan fingerprint density at radius 3 is 1.19 bits per heavy atom. The first kappa shape index (κ1) is 60.0. The third-order valence-corrected chi connectivity index (χ3v) is 10.2. The van der Waals surface area contributed by atoms with Gasteiger partial charge in [0, 0.05) is 19.4 Å². The maximum atomic E-state index is 12.8. The molecular weight excluding hydrogens is 789 g/mol. The Balaban J connectivity index is 4.44. The summed E-state index contributed by atoms with van der Waals surface area (Å²) in [6.07, 6.45) is 76.2. The van der Waals surface area contributed by atoms with Gasteiger partial charge in [0.2, 0.25) is 0 Å². The van der Waals surface area contributed by atoms with Crippen LogP contribution in [0.4, 0.5) is 0 Å². The molecule has 5 heteroatoms. The molecule has 1 unspecified atom stereocenters. The summed E-state index contributed by atoms with van der Waals surface area (Å²) in [6, 6.07) is 0. The van der Waals surface area contributed by atoms with E-state index in [1.165, 1.54) is 38.5 Å². The molecule has 0 N–H and O–H groups in total. The first-order valence-corrected chi connectivity index (χ1v) is 25.7. The maximum absolute atomic E-state index is 12.8. The fraction of sp³-hybridized carbons (Fsp3) is 0.593. The van der Waals surface area contributed by atoms with Crippen LogP contribution in [0.1, 0.15) is 201 Å². The first-order chi connectivity index (χ1) is 31.6. The molecule has 0 radical (unpaired) electrons. The van der Waals surface area contributed by atoms with Crippen molar-refractivity contribution in [2.45, 2.75) is 207 Å². The molecular formula is C59H94O5. The minimum atomic E-state index is -0.603. The van der Waals surface area contributed by atoms with E-state index in [1.54, 1.807) is 0 Å². The van der Waals surface area contributed by atoms with Crippen molar-refractivity contribution in [1.82, 2.24) is 0 Å². The fourth-order valence-corrected chi connectivity index (χ4v) is 6.40. The zero-order valence-electron chi connectivity index (χ0n) is 41.2. The van der Waals surface area contributed by atoms with E-state index in [2.05, 4.69) is 148 Å². The second-order valence-corrected chi connectivity index (χ2v) is 16.3. The lowest BCUT2D eigenvalue weighted by molar-refractivity contribution is -0.162. The van der Waals surface area contributed by atoms with Crippen LogP contribution in [0.3, 0.4) is 0 Å². The van der Waals surface area contributed by atoms with Crippen molar-refractivity contribution in [3.05, 3.63) is 134 Å². The second-order valence-electron chi connectivity index (χ2n) is 16.3. The molecule has 0 fully saturated rings. The summed E-state index contributed by atoms with van der Waals surface area (Å²) in [5, 5.41) is 0. The molecule has 0 aliphatic rings. The highest BCUT2D eigenvalue weighted by Crippen LogP contribution is 2.11. The van der Waals surface area contributed by atoms with E-state index < -0.39 is 6.10 Å². The normalized spacial score (nSPS) is 13.4. The number of allylic oxidation sites excluding steroid dienone is 22. The van der Waals surface area contributed by atoms with Crippen molar-refractivity contribution in [3.8, 4) is 0 Å².